The molecule has 15 heavy (non-hydrogen) atoms. The van der Waals surface area contributed by atoms with Crippen LogP contribution in [0.15, 0.2) is 42.5 Å². The maximum absolute atomic E-state index is 11.2. The molecule has 0 aliphatic rings. The van der Waals surface area contributed by atoms with Gasteiger partial charge in [-0.2, -0.15) is 0 Å². The van der Waals surface area contributed by atoms with E-state index in [1.54, 1.807) is 6.92 Å². The first-order chi connectivity index (χ1) is 7.15. The minimum atomic E-state index is 0.0323. The molecule has 0 fully saturated rings. The Hall–Kier alpha value is -1.57. The second-order valence-corrected chi connectivity index (χ2v) is 3.55. The van der Waals surface area contributed by atoms with E-state index in [1.165, 1.54) is 0 Å². The number of hydrogen-bond donors (Lipinski definition) is 1. The fraction of sp³-hybridized carbons (Fsp3) is 0.308. The lowest BCUT2D eigenvalue weighted by Crippen LogP contribution is -2.24. The Kier molecular flexibility index (Phi) is 4.10. The van der Waals surface area contributed by atoms with Crippen molar-refractivity contribution in [3.8, 4) is 0 Å². The third kappa shape index (κ3) is 3.24. The molecule has 1 atom stereocenters. The molecule has 2 heteroatoms. The average Bonchev–Trinajstić information content (AvgIpc) is 2.26. The first-order valence-electron chi connectivity index (χ1n) is 5.16. The zero-order chi connectivity index (χ0) is 11.3. The molecule has 0 aromatic heterocycles. The predicted molar refractivity (Wildman–Crippen MR) is 64.0 cm³/mol. The van der Waals surface area contributed by atoms with Crippen molar-refractivity contribution in [3.63, 3.8) is 0 Å². The lowest BCUT2D eigenvalue weighted by atomic mass is 10.0. The molecule has 0 spiro atoms. The van der Waals surface area contributed by atoms with E-state index in [2.05, 4.69) is 11.9 Å². The zero-order valence-corrected chi connectivity index (χ0v) is 9.29. The van der Waals surface area contributed by atoms with Crippen molar-refractivity contribution in [1.29, 1.82) is 0 Å². The summed E-state index contributed by atoms with van der Waals surface area (Å²) in [7, 11) is 0. The molecule has 0 unspecified atom stereocenters. The molecule has 2 nitrogen and oxygen atoms in total. The summed E-state index contributed by atoms with van der Waals surface area (Å²) in [4.78, 5) is 11.2. The Bertz CT molecular complexity index is 343. The normalized spacial score (nSPS) is 11.9. The summed E-state index contributed by atoms with van der Waals surface area (Å²) in [6.07, 6.45) is 0.854. The van der Waals surface area contributed by atoms with Crippen LogP contribution >= 0.6 is 0 Å². The van der Waals surface area contributed by atoms with Gasteiger partial charge in [0.15, 0.2) is 5.78 Å². The number of carbonyl (C=O) groups excluding carboxylic acids is 1. The number of benzene rings is 1. The van der Waals surface area contributed by atoms with Crippen LogP contribution in [0.3, 0.4) is 0 Å². The monoisotopic (exact) mass is 203 g/mol. The van der Waals surface area contributed by atoms with Gasteiger partial charge in [-0.1, -0.05) is 31.7 Å². The highest BCUT2D eigenvalue weighted by Crippen LogP contribution is 2.14. The highest BCUT2D eigenvalue weighted by molar-refractivity contribution is 5.94. The molecule has 1 N–H and O–H groups in total. The molecule has 80 valence electrons. The number of Topliss-reactive ketones (excluding diaryl/α,β-unsaturated/α-hetero) is 1. The Morgan fingerprint density at radius 2 is 2.00 bits per heavy atom. The molecule has 0 radical (unpaired) electrons. The van der Waals surface area contributed by atoms with Crippen molar-refractivity contribution in [2.75, 3.05) is 5.32 Å². The van der Waals surface area contributed by atoms with Crippen LogP contribution in [0.4, 0.5) is 5.69 Å². The lowest BCUT2D eigenvalue weighted by molar-refractivity contribution is -0.113. The van der Waals surface area contributed by atoms with Gasteiger partial charge in [0.25, 0.3) is 0 Å². The highest BCUT2D eigenvalue weighted by atomic mass is 16.1. The smallest absolute Gasteiger partial charge is 0.157 e. The number of anilines is 1. The van der Waals surface area contributed by atoms with Crippen molar-refractivity contribution >= 4 is 11.5 Å². The first-order valence-corrected chi connectivity index (χ1v) is 5.16. The number of ketones is 1. The van der Waals surface area contributed by atoms with E-state index in [1.807, 2.05) is 37.3 Å². The minimum Gasteiger partial charge on any atom is -0.378 e. The quantitative estimate of drug-likeness (QED) is 0.745. The Morgan fingerprint density at radius 3 is 2.47 bits per heavy atom. The van der Waals surface area contributed by atoms with Gasteiger partial charge in [-0.05, 0) is 25.5 Å². The van der Waals surface area contributed by atoms with E-state index >= 15 is 0 Å². The predicted octanol–water partition coefficient (Wildman–Crippen LogP) is 3.02. The first kappa shape index (κ1) is 11.5. The van der Waals surface area contributed by atoms with Crippen LogP contribution in [0.2, 0.25) is 0 Å². The third-order valence-electron chi connectivity index (χ3n) is 2.40. The van der Waals surface area contributed by atoms with Gasteiger partial charge in [0.2, 0.25) is 0 Å². The van der Waals surface area contributed by atoms with Crippen molar-refractivity contribution in [3.05, 3.63) is 42.5 Å². The van der Waals surface area contributed by atoms with Crippen LogP contribution in [-0.2, 0) is 4.79 Å². The van der Waals surface area contributed by atoms with Crippen LogP contribution in [0.5, 0.6) is 0 Å². The van der Waals surface area contributed by atoms with Gasteiger partial charge < -0.3 is 5.32 Å². The van der Waals surface area contributed by atoms with Crippen LogP contribution in [0.25, 0.3) is 0 Å². The van der Waals surface area contributed by atoms with Gasteiger partial charge in [-0.3, -0.25) is 4.79 Å². The third-order valence-corrected chi connectivity index (χ3v) is 2.40. The van der Waals surface area contributed by atoms with E-state index in [0.717, 1.165) is 12.1 Å². The number of hydrogen-bond acceptors (Lipinski definition) is 2. The maximum atomic E-state index is 11.2. The Balaban J connectivity index is 2.70. The summed E-state index contributed by atoms with van der Waals surface area (Å²) in [6, 6.07) is 9.89. The topological polar surface area (TPSA) is 29.1 Å². The highest BCUT2D eigenvalue weighted by Gasteiger charge is 2.13. The van der Waals surface area contributed by atoms with E-state index < -0.39 is 0 Å². The molecule has 0 aliphatic heterocycles. The van der Waals surface area contributed by atoms with Gasteiger partial charge in [-0.15, -0.1) is 0 Å². The second-order valence-electron chi connectivity index (χ2n) is 3.55. The van der Waals surface area contributed by atoms with Crippen molar-refractivity contribution in [2.24, 2.45) is 0 Å². The minimum absolute atomic E-state index is 0.0323. The molecule has 0 bridgehead atoms. The fourth-order valence-corrected chi connectivity index (χ4v) is 1.42. The van der Waals surface area contributed by atoms with Gasteiger partial charge >= 0.3 is 0 Å². The molecule has 1 rings (SSSR count). The van der Waals surface area contributed by atoms with Gasteiger partial charge in [-0.25, -0.2) is 0 Å². The molecular formula is C13H17NO. The Morgan fingerprint density at radius 1 is 1.40 bits per heavy atom. The summed E-state index contributed by atoms with van der Waals surface area (Å²) in [5.41, 5.74) is 1.66. The summed E-state index contributed by atoms with van der Waals surface area (Å²) in [5.74, 6) is 0.0466. The van der Waals surface area contributed by atoms with E-state index in [0.29, 0.717) is 5.57 Å². The standard InChI is InChI=1S/C13H17NO/c1-4-13(10(2)11(3)15)14-12-8-6-5-7-9-12/h5-9,13-14H,2,4H2,1,3H3/t13-/m0/s1. The van der Waals surface area contributed by atoms with E-state index in [9.17, 15) is 4.79 Å². The van der Waals surface area contributed by atoms with Crippen molar-refractivity contribution in [1.82, 2.24) is 0 Å². The van der Waals surface area contributed by atoms with Crippen LogP contribution in [0, 0.1) is 0 Å². The number of rotatable bonds is 5. The molecule has 0 heterocycles. The average molecular weight is 203 g/mol. The molecule has 0 saturated heterocycles. The lowest BCUT2D eigenvalue weighted by Gasteiger charge is -2.18. The molecule has 0 aliphatic carbocycles. The SMILES string of the molecule is C=C(C(C)=O)[C@H](CC)Nc1ccccc1. The second kappa shape index (κ2) is 5.35. The summed E-state index contributed by atoms with van der Waals surface area (Å²) < 4.78 is 0. The molecule has 1 aromatic carbocycles. The van der Waals surface area contributed by atoms with Crippen LogP contribution < -0.4 is 5.32 Å². The van der Waals surface area contributed by atoms with E-state index in [4.69, 9.17) is 0 Å². The van der Waals surface area contributed by atoms with Gasteiger partial charge in [0.1, 0.15) is 0 Å². The molecule has 0 amide bonds. The molecule has 1 aromatic rings. The Labute approximate surface area is 91.0 Å². The fourth-order valence-electron chi connectivity index (χ4n) is 1.42. The van der Waals surface area contributed by atoms with Gasteiger partial charge in [0, 0.05) is 11.3 Å². The van der Waals surface area contributed by atoms with Gasteiger partial charge in [0.05, 0.1) is 6.04 Å². The summed E-state index contributed by atoms with van der Waals surface area (Å²) in [5, 5.41) is 3.29. The number of para-hydroxylation sites is 1. The summed E-state index contributed by atoms with van der Waals surface area (Å²) in [6.45, 7) is 7.40. The van der Waals surface area contributed by atoms with Crippen molar-refractivity contribution in [2.45, 2.75) is 26.3 Å². The zero-order valence-electron chi connectivity index (χ0n) is 9.29. The summed E-state index contributed by atoms with van der Waals surface area (Å²) >= 11 is 0. The molecule has 0 saturated carbocycles. The van der Waals surface area contributed by atoms with E-state index in [-0.39, 0.29) is 11.8 Å². The number of carbonyl (C=O) groups is 1. The maximum Gasteiger partial charge on any atom is 0.157 e. The number of nitrogens with one attached hydrogen (secondary N) is 1. The van der Waals surface area contributed by atoms with Crippen LogP contribution in [0.1, 0.15) is 20.3 Å². The van der Waals surface area contributed by atoms with Crippen LogP contribution in [-0.4, -0.2) is 11.8 Å². The molecular weight excluding hydrogens is 186 g/mol. The largest absolute Gasteiger partial charge is 0.378 e. The van der Waals surface area contributed by atoms with Crippen molar-refractivity contribution < 1.29 is 4.79 Å².